The minimum absolute atomic E-state index is 0.0131. The van der Waals surface area contributed by atoms with Crippen LogP contribution in [0, 0.1) is 0 Å². The minimum atomic E-state index is -0.882. The Morgan fingerprint density at radius 3 is 0.434 bits per heavy atom. The molecule has 0 unspecified atom stereocenters. The quantitative estimate of drug-likeness (QED) is 0.0393. The zero-order chi connectivity index (χ0) is 75.9. The third-order valence-electron chi connectivity index (χ3n) is 13.0. The fourth-order valence-corrected chi connectivity index (χ4v) is 7.62. The lowest BCUT2D eigenvalue weighted by molar-refractivity contribution is -0.138. The molecule has 0 amide bonds. The van der Waals surface area contributed by atoms with Crippen LogP contribution in [0.1, 0.15) is 6.42 Å². The number of aliphatic carboxylic acids is 1. The number of carboxylic acid groups (broad SMARTS) is 1. The molecule has 628 valence electrons. The molecule has 0 saturated carbocycles. The molecule has 39 nitrogen and oxygen atoms in total. The number of carbonyl (C=O) groups is 1. The summed E-state index contributed by atoms with van der Waals surface area (Å²) in [6, 6.07) is 0. The average Bonchev–Trinajstić information content (AvgIpc) is 1.72. The van der Waals surface area contributed by atoms with Gasteiger partial charge in [0.1, 0.15) is 0 Å². The number of ether oxygens (including phenoxy) is 30. The predicted octanol–water partition coefficient (Wildman–Crippen LogP) is 1.88. The molecule has 0 heterocycles. The van der Waals surface area contributed by atoms with E-state index in [0.717, 1.165) is 0 Å². The number of rotatable bonds is 99. The summed E-state index contributed by atoms with van der Waals surface area (Å²) in [5.41, 5.74) is 16.6. The molecular weight excluding hydrogens is 1410 g/mol. The van der Waals surface area contributed by atoms with Crippen LogP contribution in [0.5, 0.6) is 0 Å². The van der Waals surface area contributed by atoms with Gasteiger partial charge in [-0.15, -0.1) is 0 Å². The van der Waals surface area contributed by atoms with Crippen molar-refractivity contribution >= 4 is 5.97 Å². The second-order valence-corrected chi connectivity index (χ2v) is 21.3. The first-order valence-corrected chi connectivity index (χ1v) is 37.0. The lowest BCUT2D eigenvalue weighted by Gasteiger charge is -2.22. The standard InChI is InChI=1S/C67H133N7O32/c68-72-70-2-8-78-14-20-84-22-16-80-10-4-74(5-11-81-17-23-85-21-15-79-9-3-71-73-69)6-12-82-18-24-86-26-28-88-30-32-90-34-36-92-38-40-94-42-44-96-46-48-98-50-52-100-54-56-102-58-60-104-62-64-106-66-65-105-63-61-103-59-57-101-55-53-99-51-49-97-47-45-95-43-41-93-39-37-91-35-33-89-31-29-87-27-25-83-19-13-77-7-1-67(75)76/h1-66H2,(H,75,76). The van der Waals surface area contributed by atoms with Gasteiger partial charge in [-0.3, -0.25) is 9.69 Å². The van der Waals surface area contributed by atoms with Crippen molar-refractivity contribution in [1.29, 1.82) is 0 Å². The number of hydrogen-bond acceptors (Lipinski definition) is 34. The highest BCUT2D eigenvalue weighted by atomic mass is 16.6. The molecule has 0 aromatic rings. The fraction of sp³-hybridized carbons (Fsp3) is 0.985. The molecule has 0 bridgehead atoms. The Kier molecular flexibility index (Phi) is 95.0. The maximum Gasteiger partial charge on any atom is 0.305 e. The summed E-state index contributed by atoms with van der Waals surface area (Å²) in [6.45, 7) is 29.9. The van der Waals surface area contributed by atoms with E-state index in [0.29, 0.717) is 423 Å². The highest BCUT2D eigenvalue weighted by molar-refractivity contribution is 5.66. The Balaban J connectivity index is 3.34. The minimum Gasteiger partial charge on any atom is -0.481 e. The van der Waals surface area contributed by atoms with Crippen LogP contribution in [-0.2, 0) is 147 Å². The van der Waals surface area contributed by atoms with Crippen molar-refractivity contribution in [2.45, 2.75) is 6.42 Å². The molecule has 0 radical (unpaired) electrons. The van der Waals surface area contributed by atoms with Crippen LogP contribution in [0.4, 0.5) is 0 Å². The first-order chi connectivity index (χ1) is 52.7. The Morgan fingerprint density at radius 2 is 0.311 bits per heavy atom. The molecule has 106 heavy (non-hydrogen) atoms. The topological polar surface area (TPSA) is 415 Å². The van der Waals surface area contributed by atoms with Crippen LogP contribution in [-0.4, -0.2) is 445 Å². The highest BCUT2D eigenvalue weighted by Gasteiger charge is 2.08. The van der Waals surface area contributed by atoms with E-state index in [1.165, 1.54) is 0 Å². The van der Waals surface area contributed by atoms with Gasteiger partial charge in [0.15, 0.2) is 0 Å². The largest absolute Gasteiger partial charge is 0.481 e. The molecule has 0 aliphatic carbocycles. The number of hydrogen-bond donors (Lipinski definition) is 1. The van der Waals surface area contributed by atoms with Crippen molar-refractivity contribution in [3.63, 3.8) is 0 Å². The first kappa shape index (κ1) is 103. The summed E-state index contributed by atoms with van der Waals surface area (Å²) < 4.78 is 166. The monoisotopic (exact) mass is 1550 g/mol. The number of nitrogens with zero attached hydrogens (tertiary/aromatic N) is 7. The SMILES string of the molecule is [N-]=[N+]=NCCOCCOCCOCCN(CCOCCOCCOCCN=[N+]=[N-])CCOCCOCCOCCOCCOCCOCCOCCOCCOCCOCCOCCOCCOCCOCCOCCOCCOCCOCCOCCOCCOCCOCCOCCOCCC(=O)O. The second-order valence-electron chi connectivity index (χ2n) is 21.3. The van der Waals surface area contributed by atoms with E-state index in [1.807, 2.05) is 0 Å². The second kappa shape index (κ2) is 97.9. The lowest BCUT2D eigenvalue weighted by atomic mass is 10.4. The molecule has 1 N–H and O–H groups in total. The van der Waals surface area contributed by atoms with Crippen molar-refractivity contribution in [2.75, 3.05) is 429 Å². The van der Waals surface area contributed by atoms with E-state index in [4.69, 9.17) is 158 Å². The summed E-state index contributed by atoms with van der Waals surface area (Å²) in [7, 11) is 0. The molecule has 0 rings (SSSR count). The number of azide groups is 2. The molecule has 0 aliphatic rings. The van der Waals surface area contributed by atoms with E-state index in [-0.39, 0.29) is 13.0 Å². The zero-order valence-electron chi connectivity index (χ0n) is 63.4. The zero-order valence-corrected chi connectivity index (χ0v) is 63.4. The molecule has 0 aromatic heterocycles. The average molecular weight is 1550 g/mol. The third kappa shape index (κ3) is 96.9. The molecule has 0 spiro atoms. The van der Waals surface area contributed by atoms with Crippen LogP contribution >= 0.6 is 0 Å². The summed E-state index contributed by atoms with van der Waals surface area (Å²) in [5, 5.41) is 15.4. The Morgan fingerprint density at radius 1 is 0.198 bits per heavy atom. The van der Waals surface area contributed by atoms with Gasteiger partial charge in [0.25, 0.3) is 0 Å². The normalized spacial score (nSPS) is 11.6. The van der Waals surface area contributed by atoms with Gasteiger partial charge in [-0.05, 0) is 11.1 Å². The van der Waals surface area contributed by atoms with Gasteiger partial charge in [-0.1, -0.05) is 10.2 Å². The van der Waals surface area contributed by atoms with Crippen LogP contribution in [0.2, 0.25) is 0 Å². The van der Waals surface area contributed by atoms with Gasteiger partial charge >= 0.3 is 5.97 Å². The molecular formula is C67H133N7O32. The Bertz CT molecular complexity index is 1740. The Hall–Kier alpha value is -3.15. The first-order valence-electron chi connectivity index (χ1n) is 37.0. The van der Waals surface area contributed by atoms with E-state index < -0.39 is 5.97 Å². The summed E-state index contributed by atoms with van der Waals surface area (Å²) in [5.74, 6) is -0.882. The van der Waals surface area contributed by atoms with Gasteiger partial charge in [0, 0.05) is 42.5 Å². The fourth-order valence-electron chi connectivity index (χ4n) is 7.62. The van der Waals surface area contributed by atoms with Crippen LogP contribution in [0.25, 0.3) is 20.9 Å². The maximum absolute atomic E-state index is 10.4. The molecule has 0 fully saturated rings. The van der Waals surface area contributed by atoms with Crippen molar-refractivity contribution in [3.05, 3.63) is 20.9 Å². The van der Waals surface area contributed by atoms with Crippen molar-refractivity contribution in [2.24, 2.45) is 10.2 Å². The van der Waals surface area contributed by atoms with Crippen molar-refractivity contribution < 1.29 is 152 Å². The molecule has 0 aliphatic heterocycles. The molecule has 0 saturated heterocycles. The molecule has 0 atom stereocenters. The summed E-state index contributed by atoms with van der Waals surface area (Å²) >= 11 is 0. The van der Waals surface area contributed by atoms with E-state index in [1.54, 1.807) is 0 Å². The maximum atomic E-state index is 10.4. The van der Waals surface area contributed by atoms with Crippen LogP contribution in [0.3, 0.4) is 0 Å². The van der Waals surface area contributed by atoms with Crippen molar-refractivity contribution in [1.82, 2.24) is 4.90 Å². The van der Waals surface area contributed by atoms with Gasteiger partial charge in [0.2, 0.25) is 0 Å². The summed E-state index contributed by atoms with van der Waals surface area (Å²) in [6.07, 6.45) is -0.0131. The van der Waals surface area contributed by atoms with Gasteiger partial charge in [-0.25, -0.2) is 0 Å². The van der Waals surface area contributed by atoms with Crippen LogP contribution in [0.15, 0.2) is 10.2 Å². The van der Waals surface area contributed by atoms with Crippen LogP contribution < -0.4 is 0 Å². The third-order valence-corrected chi connectivity index (χ3v) is 13.0. The van der Waals surface area contributed by atoms with Crippen molar-refractivity contribution in [3.8, 4) is 0 Å². The predicted molar refractivity (Wildman–Crippen MR) is 381 cm³/mol. The van der Waals surface area contributed by atoms with E-state index in [9.17, 15) is 4.79 Å². The van der Waals surface area contributed by atoms with E-state index >= 15 is 0 Å². The Labute approximate surface area is 627 Å². The molecule has 0 aromatic carbocycles. The lowest BCUT2D eigenvalue weighted by Crippen LogP contribution is -2.34. The highest BCUT2D eigenvalue weighted by Crippen LogP contribution is 1.96. The van der Waals surface area contributed by atoms with Gasteiger partial charge in [-0.2, -0.15) is 0 Å². The van der Waals surface area contributed by atoms with Gasteiger partial charge < -0.3 is 147 Å². The van der Waals surface area contributed by atoms with Gasteiger partial charge in [0.05, 0.1) is 403 Å². The smallest absolute Gasteiger partial charge is 0.305 e. The summed E-state index contributed by atoms with van der Waals surface area (Å²) in [4.78, 5) is 18.0. The number of carboxylic acids is 1. The van der Waals surface area contributed by atoms with E-state index in [2.05, 4.69) is 25.0 Å². The molecule has 39 heteroatoms.